The molecule has 1 N–H and O–H groups in total. The molecule has 1 aromatic rings. The van der Waals surface area contributed by atoms with Crippen LogP contribution in [0.5, 0.6) is 0 Å². The molecule has 0 bridgehead atoms. The molecular formula is C13H15FN2. The normalized spacial score (nSPS) is 15.2. The fraction of sp³-hybridized carbons (Fsp3) is 0.462. The van der Waals surface area contributed by atoms with Gasteiger partial charge in [0.15, 0.2) is 0 Å². The number of halogens is 1. The molecule has 0 heterocycles. The molecule has 0 aromatic heterocycles. The summed E-state index contributed by atoms with van der Waals surface area (Å²) in [5.41, 5.74) is 0.861. The molecule has 0 atom stereocenters. The fourth-order valence-corrected chi connectivity index (χ4v) is 1.92. The van der Waals surface area contributed by atoms with Crippen LogP contribution in [-0.4, -0.2) is 6.54 Å². The second kappa shape index (κ2) is 4.98. The van der Waals surface area contributed by atoms with E-state index in [-0.39, 0.29) is 5.56 Å². The number of nitrogens with one attached hydrogen (secondary N) is 1. The minimum atomic E-state index is -0.448. The average molecular weight is 218 g/mol. The minimum Gasteiger partial charge on any atom is -0.385 e. The van der Waals surface area contributed by atoms with Crippen molar-refractivity contribution in [3.63, 3.8) is 0 Å². The standard InChI is InChI=1S/C13H15FN2/c14-13-8-12(5-4-11(13)9-15)16-7-6-10-2-1-3-10/h4-5,8,10,16H,1-3,6-7H2. The van der Waals surface area contributed by atoms with Crippen LogP contribution in [0.25, 0.3) is 0 Å². The lowest BCUT2D eigenvalue weighted by atomic mass is 9.83. The lowest BCUT2D eigenvalue weighted by Crippen LogP contribution is -2.15. The number of benzene rings is 1. The predicted molar refractivity (Wildman–Crippen MR) is 61.6 cm³/mol. The van der Waals surface area contributed by atoms with Crippen molar-refractivity contribution in [1.29, 1.82) is 5.26 Å². The van der Waals surface area contributed by atoms with Crippen LogP contribution in [0, 0.1) is 23.1 Å². The fourth-order valence-electron chi connectivity index (χ4n) is 1.92. The summed E-state index contributed by atoms with van der Waals surface area (Å²) in [5.74, 6) is 0.409. The molecular weight excluding hydrogens is 203 g/mol. The quantitative estimate of drug-likeness (QED) is 0.841. The second-order valence-electron chi connectivity index (χ2n) is 4.32. The first-order valence-electron chi connectivity index (χ1n) is 5.73. The van der Waals surface area contributed by atoms with E-state index in [0.717, 1.165) is 24.6 Å². The Kier molecular flexibility index (Phi) is 3.40. The molecule has 0 radical (unpaired) electrons. The molecule has 84 valence electrons. The van der Waals surface area contributed by atoms with Crippen LogP contribution in [0.4, 0.5) is 10.1 Å². The summed E-state index contributed by atoms with van der Waals surface area (Å²) in [4.78, 5) is 0. The summed E-state index contributed by atoms with van der Waals surface area (Å²) in [6, 6.07) is 6.47. The third-order valence-corrected chi connectivity index (χ3v) is 3.20. The van der Waals surface area contributed by atoms with E-state index in [9.17, 15) is 4.39 Å². The predicted octanol–water partition coefficient (Wildman–Crippen LogP) is 3.30. The molecule has 1 aliphatic carbocycles. The van der Waals surface area contributed by atoms with Gasteiger partial charge in [0, 0.05) is 12.2 Å². The maximum Gasteiger partial charge on any atom is 0.143 e. The largest absolute Gasteiger partial charge is 0.385 e. The molecule has 1 aliphatic rings. The van der Waals surface area contributed by atoms with E-state index in [0.29, 0.717) is 0 Å². The molecule has 0 aliphatic heterocycles. The zero-order valence-electron chi connectivity index (χ0n) is 9.17. The number of nitrogens with zero attached hydrogens (tertiary/aromatic N) is 1. The highest BCUT2D eigenvalue weighted by molar-refractivity contribution is 5.48. The number of hydrogen-bond acceptors (Lipinski definition) is 2. The van der Waals surface area contributed by atoms with Gasteiger partial charge in [0.1, 0.15) is 11.9 Å². The zero-order valence-corrected chi connectivity index (χ0v) is 9.17. The molecule has 1 saturated carbocycles. The molecule has 0 unspecified atom stereocenters. The number of nitriles is 1. The van der Waals surface area contributed by atoms with Crippen LogP contribution in [0.2, 0.25) is 0 Å². The summed E-state index contributed by atoms with van der Waals surface area (Å²) in [6.07, 6.45) is 5.19. The Morgan fingerprint density at radius 1 is 1.44 bits per heavy atom. The van der Waals surface area contributed by atoms with Gasteiger partial charge in [0.05, 0.1) is 5.56 Å². The van der Waals surface area contributed by atoms with Gasteiger partial charge >= 0.3 is 0 Å². The number of rotatable bonds is 4. The summed E-state index contributed by atoms with van der Waals surface area (Å²) in [5, 5.41) is 11.8. The molecule has 1 fully saturated rings. The topological polar surface area (TPSA) is 35.8 Å². The number of anilines is 1. The van der Waals surface area contributed by atoms with Gasteiger partial charge in [-0.05, 0) is 30.5 Å². The van der Waals surface area contributed by atoms with Crippen LogP contribution in [-0.2, 0) is 0 Å². The Hall–Kier alpha value is -1.56. The van der Waals surface area contributed by atoms with Crippen molar-refractivity contribution in [3.05, 3.63) is 29.6 Å². The van der Waals surface area contributed by atoms with Crippen molar-refractivity contribution in [2.24, 2.45) is 5.92 Å². The molecule has 1 aromatic carbocycles. The molecule has 16 heavy (non-hydrogen) atoms. The molecule has 3 heteroatoms. The highest BCUT2D eigenvalue weighted by Gasteiger charge is 2.16. The van der Waals surface area contributed by atoms with E-state index in [1.54, 1.807) is 6.07 Å². The second-order valence-corrected chi connectivity index (χ2v) is 4.32. The van der Waals surface area contributed by atoms with Crippen LogP contribution in [0.1, 0.15) is 31.2 Å². The van der Waals surface area contributed by atoms with Gasteiger partial charge in [-0.1, -0.05) is 19.3 Å². The first kappa shape index (κ1) is 10.9. The van der Waals surface area contributed by atoms with Crippen molar-refractivity contribution in [1.82, 2.24) is 0 Å². The van der Waals surface area contributed by atoms with Gasteiger partial charge in [0.2, 0.25) is 0 Å². The lowest BCUT2D eigenvalue weighted by Gasteiger charge is -2.25. The van der Waals surface area contributed by atoms with Crippen LogP contribution in [0.3, 0.4) is 0 Å². The first-order chi connectivity index (χ1) is 7.79. The monoisotopic (exact) mass is 218 g/mol. The Morgan fingerprint density at radius 3 is 2.81 bits per heavy atom. The van der Waals surface area contributed by atoms with Crippen molar-refractivity contribution in [2.75, 3.05) is 11.9 Å². The Balaban J connectivity index is 1.84. The van der Waals surface area contributed by atoms with Gasteiger partial charge in [-0.2, -0.15) is 5.26 Å². The summed E-state index contributed by atoms with van der Waals surface area (Å²) >= 11 is 0. The van der Waals surface area contributed by atoms with Gasteiger partial charge in [-0.15, -0.1) is 0 Å². The molecule has 0 saturated heterocycles. The molecule has 0 amide bonds. The van der Waals surface area contributed by atoms with Gasteiger partial charge < -0.3 is 5.32 Å². The number of hydrogen-bond donors (Lipinski definition) is 1. The van der Waals surface area contributed by atoms with E-state index in [2.05, 4.69) is 5.32 Å². The highest BCUT2D eigenvalue weighted by Crippen LogP contribution is 2.29. The van der Waals surface area contributed by atoms with E-state index in [1.165, 1.54) is 31.4 Å². The van der Waals surface area contributed by atoms with Gasteiger partial charge in [0.25, 0.3) is 0 Å². The maximum atomic E-state index is 13.3. The van der Waals surface area contributed by atoms with Gasteiger partial charge in [-0.25, -0.2) is 4.39 Å². The summed E-state index contributed by atoms with van der Waals surface area (Å²) < 4.78 is 13.3. The highest BCUT2D eigenvalue weighted by atomic mass is 19.1. The smallest absolute Gasteiger partial charge is 0.143 e. The van der Waals surface area contributed by atoms with Crippen molar-refractivity contribution in [3.8, 4) is 6.07 Å². The van der Waals surface area contributed by atoms with E-state index >= 15 is 0 Å². The lowest BCUT2D eigenvalue weighted by molar-refractivity contribution is 0.303. The van der Waals surface area contributed by atoms with Crippen LogP contribution in [0.15, 0.2) is 18.2 Å². The SMILES string of the molecule is N#Cc1ccc(NCCC2CCC2)cc1F. The summed E-state index contributed by atoms with van der Waals surface area (Å²) in [7, 11) is 0. The van der Waals surface area contributed by atoms with Gasteiger partial charge in [-0.3, -0.25) is 0 Å². The summed E-state index contributed by atoms with van der Waals surface area (Å²) in [6.45, 7) is 0.885. The third-order valence-electron chi connectivity index (χ3n) is 3.20. The molecule has 2 nitrogen and oxygen atoms in total. The molecule has 2 rings (SSSR count). The van der Waals surface area contributed by atoms with E-state index < -0.39 is 5.82 Å². The Labute approximate surface area is 95.1 Å². The Bertz CT molecular complexity index is 405. The Morgan fingerprint density at radius 2 is 2.25 bits per heavy atom. The zero-order chi connectivity index (χ0) is 11.4. The van der Waals surface area contributed by atoms with Crippen LogP contribution < -0.4 is 5.32 Å². The van der Waals surface area contributed by atoms with Crippen molar-refractivity contribution in [2.45, 2.75) is 25.7 Å². The third kappa shape index (κ3) is 2.52. The van der Waals surface area contributed by atoms with Crippen molar-refractivity contribution < 1.29 is 4.39 Å². The van der Waals surface area contributed by atoms with E-state index in [1.807, 2.05) is 6.07 Å². The van der Waals surface area contributed by atoms with Crippen LogP contribution >= 0.6 is 0 Å². The molecule has 0 spiro atoms. The van der Waals surface area contributed by atoms with Crippen molar-refractivity contribution >= 4 is 5.69 Å². The van der Waals surface area contributed by atoms with E-state index in [4.69, 9.17) is 5.26 Å². The minimum absolute atomic E-state index is 0.101. The maximum absolute atomic E-state index is 13.3. The average Bonchev–Trinajstić information content (AvgIpc) is 2.22. The first-order valence-corrected chi connectivity index (χ1v) is 5.73.